The largest absolute Gasteiger partial charge is 0.481 e. The van der Waals surface area contributed by atoms with Crippen molar-refractivity contribution in [1.29, 1.82) is 0 Å². The second kappa shape index (κ2) is 8.63. The van der Waals surface area contributed by atoms with Crippen LogP contribution in [0.15, 0.2) is 11.6 Å². The molecule has 0 unspecified atom stereocenters. The molecule has 4 aliphatic carbocycles. The van der Waals surface area contributed by atoms with Crippen LogP contribution in [0.25, 0.3) is 0 Å². The molecule has 12 atom stereocenters. The zero-order chi connectivity index (χ0) is 26.5. The van der Waals surface area contributed by atoms with Gasteiger partial charge in [0.05, 0.1) is 30.8 Å². The SMILES string of the molecule is CC(C)C1=C[C@H]2C[C@]3(C=O)[C@@H]4CC[C@@H](C)[C@H]4C[C@@]2(CO[C@H]2C[C@H]4[C@H](OC[C@H]4C(C)C)[C@@H](C)O2)[C@]13C(=O)O. The topological polar surface area (TPSA) is 82.1 Å². The van der Waals surface area contributed by atoms with Crippen molar-refractivity contribution in [3.8, 4) is 0 Å². The summed E-state index contributed by atoms with van der Waals surface area (Å²) >= 11 is 0. The number of rotatable bonds is 7. The molecule has 0 aromatic carbocycles. The first-order chi connectivity index (χ1) is 17.5. The third-order valence-electron chi connectivity index (χ3n) is 12.3. The fourth-order valence-corrected chi connectivity index (χ4v) is 10.8. The van der Waals surface area contributed by atoms with Crippen LogP contribution in [0.3, 0.4) is 0 Å². The molecule has 1 N–H and O–H groups in total. The van der Waals surface area contributed by atoms with Gasteiger partial charge in [0.1, 0.15) is 11.7 Å². The number of carboxylic acid groups (broad SMARTS) is 1. The smallest absolute Gasteiger partial charge is 0.315 e. The number of allylic oxidation sites excluding steroid dienone is 1. The van der Waals surface area contributed by atoms with Gasteiger partial charge in [-0.2, -0.15) is 0 Å². The van der Waals surface area contributed by atoms with Crippen LogP contribution in [-0.4, -0.2) is 49.1 Å². The molecular formula is C31H46O6. The fraction of sp³-hybridized carbons (Fsp3) is 0.871. The zero-order valence-corrected chi connectivity index (χ0v) is 23.4. The van der Waals surface area contributed by atoms with E-state index >= 15 is 0 Å². The number of carboxylic acids is 1. The number of aldehydes is 1. The maximum Gasteiger partial charge on any atom is 0.315 e. The van der Waals surface area contributed by atoms with Gasteiger partial charge >= 0.3 is 5.97 Å². The molecule has 0 aromatic rings. The van der Waals surface area contributed by atoms with E-state index in [1.807, 2.05) is 0 Å². The Morgan fingerprint density at radius 2 is 1.95 bits per heavy atom. The average Bonchev–Trinajstić information content (AvgIpc) is 3.55. The lowest BCUT2D eigenvalue weighted by atomic mass is 9.43. The molecule has 6 aliphatic rings. The highest BCUT2D eigenvalue weighted by Gasteiger charge is 2.84. The van der Waals surface area contributed by atoms with E-state index in [1.54, 1.807) is 0 Å². The minimum atomic E-state index is -1.19. The van der Waals surface area contributed by atoms with Gasteiger partial charge in [-0.05, 0) is 73.5 Å². The van der Waals surface area contributed by atoms with E-state index in [1.165, 1.54) is 0 Å². The number of carbonyl (C=O) groups excluding carboxylic acids is 1. The molecule has 6 rings (SSSR count). The highest BCUT2D eigenvalue weighted by molar-refractivity contribution is 5.90. The van der Waals surface area contributed by atoms with Gasteiger partial charge in [0.15, 0.2) is 6.29 Å². The van der Waals surface area contributed by atoms with Gasteiger partial charge in [0, 0.05) is 11.8 Å². The molecule has 206 valence electrons. The van der Waals surface area contributed by atoms with E-state index in [2.05, 4.69) is 47.6 Å². The summed E-state index contributed by atoms with van der Waals surface area (Å²) in [5.41, 5.74) is -1.67. The van der Waals surface area contributed by atoms with Crippen molar-refractivity contribution < 1.29 is 28.9 Å². The van der Waals surface area contributed by atoms with Gasteiger partial charge in [-0.25, -0.2) is 0 Å². The van der Waals surface area contributed by atoms with E-state index < -0.39 is 22.2 Å². The molecule has 2 saturated heterocycles. The first-order valence-corrected chi connectivity index (χ1v) is 14.8. The first kappa shape index (κ1) is 26.0. The van der Waals surface area contributed by atoms with Crippen molar-refractivity contribution in [2.45, 2.75) is 92.1 Å². The quantitative estimate of drug-likeness (QED) is 0.364. The third-order valence-corrected chi connectivity index (χ3v) is 12.3. The van der Waals surface area contributed by atoms with Crippen LogP contribution < -0.4 is 0 Å². The van der Waals surface area contributed by atoms with Crippen molar-refractivity contribution in [1.82, 2.24) is 0 Å². The minimum Gasteiger partial charge on any atom is -0.481 e. The Morgan fingerprint density at radius 3 is 2.59 bits per heavy atom. The maximum atomic E-state index is 13.6. The molecule has 2 aliphatic heterocycles. The average molecular weight is 515 g/mol. The molecular weight excluding hydrogens is 468 g/mol. The predicted octanol–water partition coefficient (Wildman–Crippen LogP) is 5.35. The van der Waals surface area contributed by atoms with Crippen LogP contribution in [0, 0.1) is 63.6 Å². The van der Waals surface area contributed by atoms with E-state index in [0.29, 0.717) is 42.6 Å². The van der Waals surface area contributed by atoms with Crippen molar-refractivity contribution >= 4 is 12.3 Å². The molecule has 3 saturated carbocycles. The van der Waals surface area contributed by atoms with Crippen LogP contribution in [-0.2, 0) is 23.8 Å². The predicted molar refractivity (Wildman–Crippen MR) is 138 cm³/mol. The lowest BCUT2D eigenvalue weighted by Gasteiger charge is -2.58. The zero-order valence-electron chi connectivity index (χ0n) is 23.4. The summed E-state index contributed by atoms with van der Waals surface area (Å²) in [6.07, 6.45) is 7.30. The highest BCUT2D eigenvalue weighted by atomic mass is 16.7. The summed E-state index contributed by atoms with van der Waals surface area (Å²) in [6.45, 7) is 14.2. The molecule has 6 nitrogen and oxygen atoms in total. The number of hydrogen-bond acceptors (Lipinski definition) is 5. The molecule has 0 spiro atoms. The minimum absolute atomic E-state index is 0.0518. The molecule has 6 heteroatoms. The molecule has 0 aromatic heterocycles. The molecule has 2 heterocycles. The number of hydrogen-bond donors (Lipinski definition) is 1. The Balaban J connectivity index is 1.36. The molecule has 5 fully saturated rings. The van der Waals surface area contributed by atoms with E-state index in [0.717, 1.165) is 44.1 Å². The van der Waals surface area contributed by atoms with E-state index in [-0.39, 0.29) is 36.3 Å². The van der Waals surface area contributed by atoms with Crippen LogP contribution >= 0.6 is 0 Å². The van der Waals surface area contributed by atoms with E-state index in [4.69, 9.17) is 14.2 Å². The standard InChI is InChI=1S/C31H46O6/c1-16(2)23-13-35-27-19(6)37-26(10-21(23)27)36-15-30-12-22-18(5)7-8-24(22)29(14-32)11-20(30)9-25(17(3)4)31(29,30)28(33)34/h9,14,16-24,26-27H,7-8,10-13,15H2,1-6H3,(H,33,34)/t18-,19-,20+,21-,22-,23+,24-,26-,27-,29+,30+,31+/m1/s1. The summed E-state index contributed by atoms with van der Waals surface area (Å²) in [7, 11) is 0. The van der Waals surface area contributed by atoms with Crippen LogP contribution in [0.1, 0.15) is 73.6 Å². The van der Waals surface area contributed by atoms with Gasteiger partial charge in [-0.3, -0.25) is 4.79 Å². The van der Waals surface area contributed by atoms with Crippen LogP contribution in [0.2, 0.25) is 0 Å². The normalized spacial score (nSPS) is 51.9. The van der Waals surface area contributed by atoms with Gasteiger partial charge in [-0.1, -0.05) is 52.7 Å². The Hall–Kier alpha value is -1.24. The van der Waals surface area contributed by atoms with E-state index in [9.17, 15) is 14.7 Å². The monoisotopic (exact) mass is 514 g/mol. The molecule has 0 amide bonds. The summed E-state index contributed by atoms with van der Waals surface area (Å²) in [6, 6.07) is 0. The Bertz CT molecular complexity index is 982. The van der Waals surface area contributed by atoms with Gasteiger partial charge in [0.2, 0.25) is 0 Å². The van der Waals surface area contributed by atoms with Crippen LogP contribution in [0.4, 0.5) is 0 Å². The summed E-state index contributed by atoms with van der Waals surface area (Å²) < 4.78 is 19.2. The second-order valence-corrected chi connectivity index (χ2v) is 14.2. The van der Waals surface area contributed by atoms with Gasteiger partial charge < -0.3 is 24.1 Å². The van der Waals surface area contributed by atoms with Crippen molar-refractivity contribution in [2.75, 3.05) is 13.2 Å². The van der Waals surface area contributed by atoms with Crippen LogP contribution in [0.5, 0.6) is 0 Å². The maximum absolute atomic E-state index is 13.6. The molecule has 4 bridgehead atoms. The lowest BCUT2D eigenvalue weighted by molar-refractivity contribution is -0.251. The Morgan fingerprint density at radius 1 is 1.19 bits per heavy atom. The molecule has 0 radical (unpaired) electrons. The Labute approximate surface area is 221 Å². The second-order valence-electron chi connectivity index (χ2n) is 14.2. The Kier molecular flexibility index (Phi) is 6.06. The first-order valence-electron chi connectivity index (χ1n) is 14.8. The summed E-state index contributed by atoms with van der Waals surface area (Å²) in [5, 5.41) is 11.2. The number of aliphatic carboxylic acids is 1. The summed E-state index contributed by atoms with van der Waals surface area (Å²) in [5.74, 6) is 1.74. The third kappa shape index (κ3) is 3.10. The number of ether oxygens (including phenoxy) is 3. The summed E-state index contributed by atoms with van der Waals surface area (Å²) in [4.78, 5) is 26.8. The van der Waals surface area contributed by atoms with Gasteiger partial charge in [-0.15, -0.1) is 0 Å². The van der Waals surface area contributed by atoms with Crippen molar-refractivity contribution in [2.24, 2.45) is 63.6 Å². The van der Waals surface area contributed by atoms with Crippen molar-refractivity contribution in [3.63, 3.8) is 0 Å². The highest BCUT2D eigenvalue weighted by Crippen LogP contribution is 2.82. The lowest BCUT2D eigenvalue weighted by Crippen LogP contribution is -2.63. The number of carbonyl (C=O) groups is 2. The fourth-order valence-electron chi connectivity index (χ4n) is 10.8. The van der Waals surface area contributed by atoms with Gasteiger partial charge in [0.25, 0.3) is 0 Å². The number of fused-ring (bicyclic) bond motifs is 3. The molecule has 37 heavy (non-hydrogen) atoms. The van der Waals surface area contributed by atoms with Crippen molar-refractivity contribution in [3.05, 3.63) is 11.6 Å².